The monoisotopic (exact) mass is 194 g/mol. The first-order valence-corrected chi connectivity index (χ1v) is 6.38. The van der Waals surface area contributed by atoms with Gasteiger partial charge in [-0.3, -0.25) is 0 Å². The van der Waals surface area contributed by atoms with E-state index in [0.29, 0.717) is 0 Å². The van der Waals surface area contributed by atoms with Crippen LogP contribution in [0.5, 0.6) is 0 Å². The number of hydrogen-bond donors (Lipinski definition) is 0. The van der Waals surface area contributed by atoms with Crippen LogP contribution in [0.25, 0.3) is 0 Å². The third kappa shape index (κ3) is 3.22. The molecular weight excluding hydrogens is 176 g/mol. The molecule has 1 aliphatic heterocycles. The zero-order valence-electron chi connectivity index (χ0n) is 8.11. The molecule has 1 saturated heterocycles. The molecule has 0 aromatic heterocycles. The fraction of sp³-hybridized carbons (Fsp3) is 0.667. The Bertz CT molecular complexity index is 183. The molecule has 72 valence electrons. The predicted octanol–water partition coefficient (Wildman–Crippen LogP) is 3.94. The van der Waals surface area contributed by atoms with Crippen molar-refractivity contribution in [3.63, 3.8) is 0 Å². The molecule has 0 amide bonds. The summed E-state index contributed by atoms with van der Waals surface area (Å²) in [5.41, 5.74) is 0. The Morgan fingerprint density at radius 2 is 1.38 bits per heavy atom. The van der Waals surface area contributed by atoms with Crippen molar-refractivity contribution in [2.45, 2.75) is 49.0 Å². The third-order valence-electron chi connectivity index (χ3n) is 2.80. The van der Waals surface area contributed by atoms with E-state index in [1.54, 1.807) is 0 Å². The van der Waals surface area contributed by atoms with Gasteiger partial charge in [0, 0.05) is 10.5 Å². The standard InChI is InChI=1S/C6H10S.C6H8/c1-2-4-6-5(3-1)7-6;1-2-4-6-5-3-1/h5-6H,1-4H2;1-4H,5-6H2. The van der Waals surface area contributed by atoms with E-state index >= 15 is 0 Å². The molecule has 2 unspecified atom stereocenters. The second-order valence-electron chi connectivity index (χ2n) is 3.93. The van der Waals surface area contributed by atoms with Crippen LogP contribution in [0.15, 0.2) is 24.3 Å². The highest BCUT2D eigenvalue weighted by Gasteiger charge is 2.39. The average Bonchev–Trinajstić information content (AvgIpc) is 3.00. The first-order chi connectivity index (χ1) is 6.47. The lowest BCUT2D eigenvalue weighted by atomic mass is 10.0. The Kier molecular flexibility index (Phi) is 3.54. The lowest BCUT2D eigenvalue weighted by molar-refractivity contribution is 0.571. The molecule has 2 atom stereocenters. The zero-order valence-corrected chi connectivity index (χ0v) is 8.93. The van der Waals surface area contributed by atoms with Crippen molar-refractivity contribution in [3.8, 4) is 0 Å². The largest absolute Gasteiger partial charge is 0.153 e. The van der Waals surface area contributed by atoms with Crippen molar-refractivity contribution in [1.82, 2.24) is 0 Å². The topological polar surface area (TPSA) is 0 Å². The van der Waals surface area contributed by atoms with Gasteiger partial charge in [0.05, 0.1) is 0 Å². The summed E-state index contributed by atoms with van der Waals surface area (Å²) in [6.45, 7) is 0. The summed E-state index contributed by atoms with van der Waals surface area (Å²) in [6.07, 6.45) is 17.1. The highest BCUT2D eigenvalue weighted by molar-refractivity contribution is 8.07. The molecular formula is C12H18S. The second-order valence-corrected chi connectivity index (χ2v) is 5.41. The first-order valence-electron chi connectivity index (χ1n) is 5.44. The lowest BCUT2D eigenvalue weighted by Gasteiger charge is -2.02. The number of fused-ring (bicyclic) bond motifs is 1. The maximum atomic E-state index is 2.20. The average molecular weight is 194 g/mol. The van der Waals surface area contributed by atoms with Gasteiger partial charge in [-0.25, -0.2) is 0 Å². The van der Waals surface area contributed by atoms with Crippen molar-refractivity contribution >= 4 is 11.8 Å². The van der Waals surface area contributed by atoms with Crippen LogP contribution in [0, 0.1) is 0 Å². The summed E-state index contributed by atoms with van der Waals surface area (Å²) in [5.74, 6) is 0. The van der Waals surface area contributed by atoms with Gasteiger partial charge in [-0.05, 0) is 25.7 Å². The van der Waals surface area contributed by atoms with E-state index in [9.17, 15) is 0 Å². The predicted molar refractivity (Wildman–Crippen MR) is 61.1 cm³/mol. The van der Waals surface area contributed by atoms with E-state index in [-0.39, 0.29) is 0 Å². The van der Waals surface area contributed by atoms with E-state index in [0.717, 1.165) is 10.5 Å². The molecule has 2 aliphatic carbocycles. The van der Waals surface area contributed by atoms with Crippen LogP contribution in [0.4, 0.5) is 0 Å². The molecule has 0 radical (unpaired) electrons. The SMILES string of the molecule is C1=CCCC=C1.C1CCC2SC2C1. The van der Waals surface area contributed by atoms with Gasteiger partial charge >= 0.3 is 0 Å². The molecule has 0 spiro atoms. The number of hydrogen-bond acceptors (Lipinski definition) is 1. The minimum atomic E-state index is 1.12. The Morgan fingerprint density at radius 1 is 0.846 bits per heavy atom. The van der Waals surface area contributed by atoms with Gasteiger partial charge < -0.3 is 0 Å². The molecule has 3 aliphatic rings. The van der Waals surface area contributed by atoms with Crippen molar-refractivity contribution in [1.29, 1.82) is 0 Å². The third-order valence-corrected chi connectivity index (χ3v) is 4.31. The Labute approximate surface area is 85.5 Å². The molecule has 3 rings (SSSR count). The van der Waals surface area contributed by atoms with Crippen LogP contribution < -0.4 is 0 Å². The van der Waals surface area contributed by atoms with Gasteiger partial charge in [0.15, 0.2) is 0 Å². The van der Waals surface area contributed by atoms with Crippen molar-refractivity contribution in [2.24, 2.45) is 0 Å². The maximum absolute atomic E-state index is 2.20. The molecule has 1 saturated carbocycles. The Hall–Kier alpha value is -0.170. The van der Waals surface area contributed by atoms with E-state index in [2.05, 4.69) is 36.1 Å². The Morgan fingerprint density at radius 3 is 1.69 bits per heavy atom. The summed E-state index contributed by atoms with van der Waals surface area (Å²) in [5, 5.41) is 2.24. The van der Waals surface area contributed by atoms with Gasteiger partial charge in [-0.1, -0.05) is 37.1 Å². The van der Waals surface area contributed by atoms with Gasteiger partial charge in [0.2, 0.25) is 0 Å². The summed E-state index contributed by atoms with van der Waals surface area (Å²) >= 11 is 2.20. The molecule has 0 aromatic carbocycles. The van der Waals surface area contributed by atoms with Crippen LogP contribution in [-0.2, 0) is 0 Å². The van der Waals surface area contributed by atoms with Crippen LogP contribution >= 0.6 is 11.8 Å². The molecule has 2 fully saturated rings. The van der Waals surface area contributed by atoms with Crippen molar-refractivity contribution < 1.29 is 0 Å². The molecule has 0 nitrogen and oxygen atoms in total. The highest BCUT2D eigenvalue weighted by atomic mass is 32.2. The first kappa shape index (κ1) is 9.39. The number of thioether (sulfide) groups is 1. The quantitative estimate of drug-likeness (QED) is 0.526. The van der Waals surface area contributed by atoms with E-state index in [1.165, 1.54) is 38.5 Å². The van der Waals surface area contributed by atoms with Gasteiger partial charge in [-0.15, -0.1) is 0 Å². The summed E-state index contributed by atoms with van der Waals surface area (Å²) < 4.78 is 0. The molecule has 0 N–H and O–H groups in total. The minimum Gasteiger partial charge on any atom is -0.153 e. The fourth-order valence-electron chi connectivity index (χ4n) is 1.92. The van der Waals surface area contributed by atoms with E-state index in [1.807, 2.05) is 0 Å². The van der Waals surface area contributed by atoms with Crippen molar-refractivity contribution in [3.05, 3.63) is 24.3 Å². The number of allylic oxidation sites excluding steroid dienone is 4. The number of rotatable bonds is 0. The second kappa shape index (κ2) is 4.90. The van der Waals surface area contributed by atoms with Crippen LogP contribution in [0.2, 0.25) is 0 Å². The maximum Gasteiger partial charge on any atom is 0.0169 e. The summed E-state index contributed by atoms with van der Waals surface area (Å²) in [4.78, 5) is 0. The molecule has 1 heterocycles. The van der Waals surface area contributed by atoms with Crippen LogP contribution in [-0.4, -0.2) is 10.5 Å². The summed E-state index contributed by atoms with van der Waals surface area (Å²) in [6, 6.07) is 0. The normalized spacial score (nSPS) is 34.5. The fourth-order valence-corrected chi connectivity index (χ4v) is 3.16. The van der Waals surface area contributed by atoms with Gasteiger partial charge in [-0.2, -0.15) is 11.8 Å². The van der Waals surface area contributed by atoms with E-state index < -0.39 is 0 Å². The highest BCUT2D eigenvalue weighted by Crippen LogP contribution is 2.50. The minimum absolute atomic E-state index is 1.12. The summed E-state index contributed by atoms with van der Waals surface area (Å²) in [7, 11) is 0. The molecule has 1 heteroatoms. The van der Waals surface area contributed by atoms with Crippen LogP contribution in [0.1, 0.15) is 38.5 Å². The van der Waals surface area contributed by atoms with Crippen LogP contribution in [0.3, 0.4) is 0 Å². The van der Waals surface area contributed by atoms with E-state index in [4.69, 9.17) is 0 Å². The van der Waals surface area contributed by atoms with Gasteiger partial charge in [0.25, 0.3) is 0 Å². The molecule has 0 bridgehead atoms. The lowest BCUT2D eigenvalue weighted by Crippen LogP contribution is -2.00. The Balaban J connectivity index is 0.000000102. The van der Waals surface area contributed by atoms with Gasteiger partial charge in [0.1, 0.15) is 0 Å². The van der Waals surface area contributed by atoms with Crippen molar-refractivity contribution in [2.75, 3.05) is 0 Å². The molecule has 0 aromatic rings. The molecule has 13 heavy (non-hydrogen) atoms. The zero-order chi connectivity index (χ0) is 8.93. The smallest absolute Gasteiger partial charge is 0.0169 e.